The Balaban J connectivity index is 2.35. The maximum absolute atomic E-state index is 12.1. The summed E-state index contributed by atoms with van der Waals surface area (Å²) in [6.07, 6.45) is 1.25. The molecule has 0 spiro atoms. The Hall–Kier alpha value is -1.74. The summed E-state index contributed by atoms with van der Waals surface area (Å²) in [6, 6.07) is 8.32. The van der Waals surface area contributed by atoms with E-state index in [4.69, 9.17) is 11.6 Å². The third kappa shape index (κ3) is 3.23. The maximum Gasteiger partial charge on any atom is 0.319 e. The summed E-state index contributed by atoms with van der Waals surface area (Å²) in [6.45, 7) is 0. The number of hydrogen-bond donors (Lipinski definition) is 1. The smallest absolute Gasteiger partial charge is 0.319 e. The lowest BCUT2D eigenvalue weighted by molar-refractivity contribution is -0.385. The van der Waals surface area contributed by atoms with Gasteiger partial charge in [-0.15, -0.1) is 0 Å². The zero-order valence-electron chi connectivity index (χ0n) is 9.84. The lowest BCUT2D eigenvalue weighted by atomic mass is 10.2. The van der Waals surface area contributed by atoms with Gasteiger partial charge in [-0.3, -0.25) is 14.9 Å². The predicted octanol–water partition coefficient (Wildman–Crippen LogP) is 3.50. The number of amides is 1. The van der Waals surface area contributed by atoms with Crippen LogP contribution in [0.2, 0.25) is 5.15 Å². The first-order valence-electron chi connectivity index (χ1n) is 5.35. The molecule has 0 aliphatic heterocycles. The second-order valence-electron chi connectivity index (χ2n) is 3.72. The molecule has 0 fully saturated rings. The molecule has 20 heavy (non-hydrogen) atoms. The molecule has 102 valence electrons. The molecular weight excluding hydrogens is 397 g/mol. The van der Waals surface area contributed by atoms with Crippen LogP contribution in [0.15, 0.2) is 36.5 Å². The number of benzene rings is 1. The summed E-state index contributed by atoms with van der Waals surface area (Å²) in [5.74, 6) is -0.608. The SMILES string of the molecule is O=C(Nc1cccc(I)c1)c1ccnc(Cl)c1[N+](=O)[O-]. The predicted molar refractivity (Wildman–Crippen MR) is 83.0 cm³/mol. The molecule has 1 aromatic carbocycles. The second kappa shape index (κ2) is 6.14. The van der Waals surface area contributed by atoms with Gasteiger partial charge in [-0.1, -0.05) is 17.7 Å². The van der Waals surface area contributed by atoms with Gasteiger partial charge in [0.25, 0.3) is 5.91 Å². The first-order valence-corrected chi connectivity index (χ1v) is 6.80. The Morgan fingerprint density at radius 2 is 2.15 bits per heavy atom. The number of pyridine rings is 1. The lowest BCUT2D eigenvalue weighted by Crippen LogP contribution is -2.14. The first kappa shape index (κ1) is 14.7. The molecule has 1 N–H and O–H groups in total. The average molecular weight is 404 g/mol. The quantitative estimate of drug-likeness (QED) is 0.368. The standard InChI is InChI=1S/C12H7ClIN3O3/c13-11-10(17(19)20)9(4-5-15-11)12(18)16-8-3-1-2-7(14)6-8/h1-6H,(H,16,18). The van der Waals surface area contributed by atoms with E-state index in [-0.39, 0.29) is 10.7 Å². The van der Waals surface area contributed by atoms with Crippen molar-refractivity contribution in [2.75, 3.05) is 5.32 Å². The van der Waals surface area contributed by atoms with E-state index in [2.05, 4.69) is 32.9 Å². The van der Waals surface area contributed by atoms with Crippen molar-refractivity contribution in [2.45, 2.75) is 0 Å². The van der Waals surface area contributed by atoms with Crippen molar-refractivity contribution in [3.8, 4) is 0 Å². The van der Waals surface area contributed by atoms with Gasteiger partial charge in [0, 0.05) is 15.5 Å². The highest BCUT2D eigenvalue weighted by Gasteiger charge is 2.24. The van der Waals surface area contributed by atoms with Crippen molar-refractivity contribution in [2.24, 2.45) is 0 Å². The molecule has 0 saturated carbocycles. The van der Waals surface area contributed by atoms with Crippen molar-refractivity contribution in [1.82, 2.24) is 4.98 Å². The fourth-order valence-corrected chi connectivity index (χ4v) is 2.32. The van der Waals surface area contributed by atoms with Crippen LogP contribution in [0, 0.1) is 13.7 Å². The molecule has 1 amide bonds. The Morgan fingerprint density at radius 1 is 1.40 bits per heavy atom. The summed E-state index contributed by atoms with van der Waals surface area (Å²) in [4.78, 5) is 25.9. The number of nitro groups is 1. The molecule has 0 bridgehead atoms. The molecule has 2 aromatic rings. The highest BCUT2D eigenvalue weighted by molar-refractivity contribution is 14.1. The number of nitrogens with zero attached hydrogens (tertiary/aromatic N) is 2. The van der Waals surface area contributed by atoms with E-state index in [9.17, 15) is 14.9 Å². The van der Waals surface area contributed by atoms with E-state index < -0.39 is 16.5 Å². The third-order valence-corrected chi connectivity index (χ3v) is 3.34. The minimum Gasteiger partial charge on any atom is -0.322 e. The summed E-state index contributed by atoms with van der Waals surface area (Å²) in [5, 5.41) is 13.2. The molecule has 0 unspecified atom stereocenters. The van der Waals surface area contributed by atoms with E-state index >= 15 is 0 Å². The van der Waals surface area contributed by atoms with E-state index in [1.165, 1.54) is 12.3 Å². The molecule has 1 heterocycles. The van der Waals surface area contributed by atoms with Crippen LogP contribution in [0.25, 0.3) is 0 Å². The summed E-state index contributed by atoms with van der Waals surface area (Å²) in [7, 11) is 0. The van der Waals surface area contributed by atoms with Gasteiger partial charge < -0.3 is 5.32 Å². The maximum atomic E-state index is 12.1. The van der Waals surface area contributed by atoms with E-state index in [1.54, 1.807) is 18.2 Å². The Morgan fingerprint density at radius 3 is 2.80 bits per heavy atom. The average Bonchev–Trinajstić information content (AvgIpc) is 2.37. The van der Waals surface area contributed by atoms with Crippen LogP contribution in [0.3, 0.4) is 0 Å². The minimum atomic E-state index is -0.723. The Labute approximate surface area is 132 Å². The second-order valence-corrected chi connectivity index (χ2v) is 5.32. The Bertz CT molecular complexity index is 693. The third-order valence-electron chi connectivity index (χ3n) is 2.39. The van der Waals surface area contributed by atoms with Crippen LogP contribution in [0.4, 0.5) is 11.4 Å². The number of rotatable bonds is 3. The van der Waals surface area contributed by atoms with Crippen molar-refractivity contribution in [3.05, 3.63) is 60.9 Å². The van der Waals surface area contributed by atoms with E-state index in [0.717, 1.165) is 3.57 Å². The van der Waals surface area contributed by atoms with Crippen LogP contribution in [-0.2, 0) is 0 Å². The summed E-state index contributed by atoms with van der Waals surface area (Å²) in [5.41, 5.74) is -0.0877. The van der Waals surface area contributed by atoms with Crippen molar-refractivity contribution in [3.63, 3.8) is 0 Å². The van der Waals surface area contributed by atoms with Crippen molar-refractivity contribution < 1.29 is 9.72 Å². The van der Waals surface area contributed by atoms with Crippen LogP contribution in [0.5, 0.6) is 0 Å². The fourth-order valence-electron chi connectivity index (χ4n) is 1.55. The van der Waals surface area contributed by atoms with Crippen LogP contribution in [0.1, 0.15) is 10.4 Å². The zero-order valence-corrected chi connectivity index (χ0v) is 12.8. The molecule has 2 rings (SSSR count). The highest BCUT2D eigenvalue weighted by Crippen LogP contribution is 2.26. The molecule has 6 nitrogen and oxygen atoms in total. The van der Waals surface area contributed by atoms with E-state index in [1.807, 2.05) is 6.07 Å². The van der Waals surface area contributed by atoms with Gasteiger partial charge in [-0.25, -0.2) is 4.98 Å². The molecular formula is C12H7ClIN3O3. The number of anilines is 1. The van der Waals surface area contributed by atoms with Gasteiger partial charge in [0.1, 0.15) is 5.56 Å². The van der Waals surface area contributed by atoms with Crippen LogP contribution < -0.4 is 5.32 Å². The zero-order chi connectivity index (χ0) is 14.7. The topological polar surface area (TPSA) is 85.1 Å². The molecule has 8 heteroatoms. The normalized spacial score (nSPS) is 10.1. The fraction of sp³-hybridized carbons (Fsp3) is 0. The number of hydrogen-bond acceptors (Lipinski definition) is 4. The number of carbonyl (C=O) groups excluding carboxylic acids is 1. The molecule has 0 aliphatic rings. The molecule has 0 aliphatic carbocycles. The van der Waals surface area contributed by atoms with Gasteiger partial charge in [-0.2, -0.15) is 0 Å². The number of aromatic nitrogens is 1. The van der Waals surface area contributed by atoms with Gasteiger partial charge in [0.05, 0.1) is 4.92 Å². The van der Waals surface area contributed by atoms with Crippen LogP contribution in [-0.4, -0.2) is 15.8 Å². The highest BCUT2D eigenvalue weighted by atomic mass is 127. The van der Waals surface area contributed by atoms with Crippen molar-refractivity contribution >= 4 is 51.5 Å². The molecule has 0 atom stereocenters. The van der Waals surface area contributed by atoms with Crippen molar-refractivity contribution in [1.29, 1.82) is 0 Å². The lowest BCUT2D eigenvalue weighted by Gasteiger charge is -2.06. The number of halogens is 2. The van der Waals surface area contributed by atoms with Gasteiger partial charge in [0.2, 0.25) is 5.15 Å². The summed E-state index contributed by atoms with van der Waals surface area (Å²) >= 11 is 7.76. The van der Waals surface area contributed by atoms with Gasteiger partial charge in [0.15, 0.2) is 0 Å². The monoisotopic (exact) mass is 403 g/mol. The minimum absolute atomic E-state index is 0.131. The molecule has 1 aromatic heterocycles. The largest absolute Gasteiger partial charge is 0.322 e. The van der Waals surface area contributed by atoms with Gasteiger partial charge in [-0.05, 0) is 46.9 Å². The molecule has 0 saturated heterocycles. The summed E-state index contributed by atoms with van der Waals surface area (Å²) < 4.78 is 0.933. The van der Waals surface area contributed by atoms with E-state index in [0.29, 0.717) is 5.69 Å². The number of nitrogens with one attached hydrogen (secondary N) is 1. The molecule has 0 radical (unpaired) electrons. The first-order chi connectivity index (χ1) is 9.49. The Kier molecular flexibility index (Phi) is 4.50. The number of carbonyl (C=O) groups is 1. The van der Waals surface area contributed by atoms with Gasteiger partial charge >= 0.3 is 5.69 Å². The van der Waals surface area contributed by atoms with Crippen LogP contribution >= 0.6 is 34.2 Å².